The number of carbonyl (C=O) groups excluding carboxylic acids is 3. The standard InChI is InChI=1S/C19H23BrN2O5/c1-3-9-26-16-6-5-13(11-14(16)20)19(25)22-8-7-21-18(24)15(22)12-17(23)27-10-4-2/h3,5-6,11,15H,1,4,7-10,12H2,2H3,(H,21,24). The fourth-order valence-electron chi connectivity index (χ4n) is 2.66. The normalized spacial score (nSPS) is 16.4. The molecular formula is C19H23BrN2O5. The number of halogens is 1. The van der Waals surface area contributed by atoms with Gasteiger partial charge in [0.1, 0.15) is 18.4 Å². The summed E-state index contributed by atoms with van der Waals surface area (Å²) in [6.07, 6.45) is 2.15. The highest BCUT2D eigenvalue weighted by Gasteiger charge is 2.35. The zero-order valence-corrected chi connectivity index (χ0v) is 16.8. The zero-order chi connectivity index (χ0) is 19.8. The Morgan fingerprint density at radius 3 is 2.89 bits per heavy atom. The number of nitrogens with zero attached hydrogens (tertiary/aromatic N) is 1. The molecule has 0 spiro atoms. The lowest BCUT2D eigenvalue weighted by Gasteiger charge is -2.34. The molecule has 0 saturated carbocycles. The summed E-state index contributed by atoms with van der Waals surface area (Å²) < 4.78 is 11.2. The second-order valence-corrected chi connectivity index (χ2v) is 6.83. The number of esters is 1. The van der Waals surface area contributed by atoms with E-state index in [1.165, 1.54) is 4.90 Å². The first kappa shape index (κ1) is 21.0. The molecule has 146 valence electrons. The molecule has 1 aliphatic rings. The number of nitrogens with one attached hydrogen (secondary N) is 1. The van der Waals surface area contributed by atoms with Gasteiger partial charge in [0.15, 0.2) is 0 Å². The van der Waals surface area contributed by atoms with Crippen LogP contribution in [0.5, 0.6) is 5.75 Å². The van der Waals surface area contributed by atoms with Crippen molar-refractivity contribution in [3.8, 4) is 5.75 Å². The fraction of sp³-hybridized carbons (Fsp3) is 0.421. The molecule has 0 aliphatic carbocycles. The lowest BCUT2D eigenvalue weighted by molar-refractivity contribution is -0.147. The van der Waals surface area contributed by atoms with Crippen LogP contribution < -0.4 is 10.1 Å². The molecule has 2 amide bonds. The van der Waals surface area contributed by atoms with Gasteiger partial charge in [0, 0.05) is 18.7 Å². The van der Waals surface area contributed by atoms with Gasteiger partial charge in [-0.2, -0.15) is 0 Å². The van der Waals surface area contributed by atoms with Gasteiger partial charge in [0.25, 0.3) is 5.91 Å². The van der Waals surface area contributed by atoms with Crippen LogP contribution in [0.1, 0.15) is 30.1 Å². The van der Waals surface area contributed by atoms with Gasteiger partial charge in [-0.15, -0.1) is 0 Å². The van der Waals surface area contributed by atoms with Crippen LogP contribution in [-0.4, -0.2) is 55.0 Å². The van der Waals surface area contributed by atoms with Gasteiger partial charge in [-0.05, 0) is 40.5 Å². The van der Waals surface area contributed by atoms with Crippen LogP contribution in [0.4, 0.5) is 0 Å². The molecule has 0 bridgehead atoms. The van der Waals surface area contributed by atoms with Crippen molar-refractivity contribution in [3.05, 3.63) is 40.9 Å². The molecule has 27 heavy (non-hydrogen) atoms. The molecule has 1 N–H and O–H groups in total. The number of carbonyl (C=O) groups is 3. The Labute approximate surface area is 166 Å². The summed E-state index contributed by atoms with van der Waals surface area (Å²) in [5, 5.41) is 2.69. The van der Waals surface area contributed by atoms with Crippen LogP contribution in [-0.2, 0) is 14.3 Å². The van der Waals surface area contributed by atoms with Gasteiger partial charge in [-0.3, -0.25) is 14.4 Å². The topological polar surface area (TPSA) is 84.9 Å². The minimum atomic E-state index is -0.883. The largest absolute Gasteiger partial charge is 0.488 e. The number of piperazine rings is 1. The molecule has 7 nitrogen and oxygen atoms in total. The Balaban J connectivity index is 2.16. The predicted octanol–water partition coefficient (Wildman–Crippen LogP) is 2.30. The van der Waals surface area contributed by atoms with E-state index in [0.717, 1.165) is 0 Å². The van der Waals surface area contributed by atoms with E-state index in [1.807, 2.05) is 6.92 Å². The van der Waals surface area contributed by atoms with Gasteiger partial charge in [-0.1, -0.05) is 19.6 Å². The van der Waals surface area contributed by atoms with Crippen molar-refractivity contribution in [1.29, 1.82) is 0 Å². The first-order valence-electron chi connectivity index (χ1n) is 8.75. The summed E-state index contributed by atoms with van der Waals surface area (Å²) in [6, 6.07) is 4.06. The van der Waals surface area contributed by atoms with E-state index in [1.54, 1.807) is 24.3 Å². The minimum Gasteiger partial charge on any atom is -0.488 e. The van der Waals surface area contributed by atoms with E-state index in [4.69, 9.17) is 9.47 Å². The van der Waals surface area contributed by atoms with Gasteiger partial charge < -0.3 is 19.7 Å². The van der Waals surface area contributed by atoms with E-state index in [9.17, 15) is 14.4 Å². The number of benzene rings is 1. The molecule has 1 aliphatic heterocycles. The molecule has 1 heterocycles. The molecule has 0 aromatic heterocycles. The molecule has 0 radical (unpaired) electrons. The average Bonchev–Trinajstić information content (AvgIpc) is 2.66. The third-order valence-electron chi connectivity index (χ3n) is 3.95. The van der Waals surface area contributed by atoms with Crippen molar-refractivity contribution in [3.63, 3.8) is 0 Å². The van der Waals surface area contributed by atoms with E-state index in [-0.39, 0.29) is 18.2 Å². The monoisotopic (exact) mass is 438 g/mol. The van der Waals surface area contributed by atoms with Crippen molar-refractivity contribution in [2.45, 2.75) is 25.8 Å². The summed E-state index contributed by atoms with van der Waals surface area (Å²) in [5.41, 5.74) is 0.398. The minimum absolute atomic E-state index is 0.167. The number of rotatable bonds is 8. The van der Waals surface area contributed by atoms with Crippen LogP contribution in [0.3, 0.4) is 0 Å². The fourth-order valence-corrected chi connectivity index (χ4v) is 3.15. The third-order valence-corrected chi connectivity index (χ3v) is 4.57. The van der Waals surface area contributed by atoms with Gasteiger partial charge in [0.05, 0.1) is 17.5 Å². The van der Waals surface area contributed by atoms with Crippen molar-refractivity contribution in [1.82, 2.24) is 10.2 Å². The Kier molecular flexibility index (Phi) is 7.84. The molecule has 8 heteroatoms. The van der Waals surface area contributed by atoms with Crippen LogP contribution in [0.15, 0.2) is 35.3 Å². The highest BCUT2D eigenvalue weighted by atomic mass is 79.9. The Morgan fingerprint density at radius 1 is 1.44 bits per heavy atom. The first-order chi connectivity index (χ1) is 13.0. The maximum absolute atomic E-state index is 12.9. The molecular weight excluding hydrogens is 416 g/mol. The molecule has 2 rings (SSSR count). The zero-order valence-electron chi connectivity index (χ0n) is 15.2. The van der Waals surface area contributed by atoms with Crippen molar-refractivity contribution in [2.75, 3.05) is 26.3 Å². The van der Waals surface area contributed by atoms with Gasteiger partial charge >= 0.3 is 5.97 Å². The van der Waals surface area contributed by atoms with Crippen LogP contribution in [0.2, 0.25) is 0 Å². The number of hydrogen-bond acceptors (Lipinski definition) is 5. The second kappa shape index (κ2) is 10.1. The number of hydrogen-bond donors (Lipinski definition) is 1. The highest BCUT2D eigenvalue weighted by Crippen LogP contribution is 2.27. The number of ether oxygens (including phenoxy) is 2. The van der Waals surface area contributed by atoms with Gasteiger partial charge in [-0.25, -0.2) is 0 Å². The SMILES string of the molecule is C=CCOc1ccc(C(=O)N2CCNC(=O)C2CC(=O)OCCC)cc1Br. The molecule has 1 unspecified atom stereocenters. The maximum Gasteiger partial charge on any atom is 0.308 e. The van der Waals surface area contributed by atoms with Crippen LogP contribution in [0.25, 0.3) is 0 Å². The van der Waals surface area contributed by atoms with Crippen molar-refractivity contribution in [2.24, 2.45) is 0 Å². The van der Waals surface area contributed by atoms with Crippen LogP contribution >= 0.6 is 15.9 Å². The second-order valence-electron chi connectivity index (χ2n) is 5.97. The molecule has 1 aromatic rings. The van der Waals surface area contributed by atoms with E-state index >= 15 is 0 Å². The third kappa shape index (κ3) is 5.56. The Morgan fingerprint density at radius 2 is 2.22 bits per heavy atom. The predicted molar refractivity (Wildman–Crippen MR) is 104 cm³/mol. The van der Waals surface area contributed by atoms with Crippen molar-refractivity contribution >= 4 is 33.7 Å². The lowest BCUT2D eigenvalue weighted by Crippen LogP contribution is -2.57. The van der Waals surface area contributed by atoms with E-state index in [2.05, 4.69) is 27.8 Å². The molecule has 1 aromatic carbocycles. The molecule has 1 atom stereocenters. The Hall–Kier alpha value is -2.35. The van der Waals surface area contributed by atoms with E-state index < -0.39 is 12.0 Å². The molecule has 1 fully saturated rings. The smallest absolute Gasteiger partial charge is 0.308 e. The summed E-state index contributed by atoms with van der Waals surface area (Å²) >= 11 is 3.38. The Bertz CT molecular complexity index is 722. The van der Waals surface area contributed by atoms with Gasteiger partial charge in [0.2, 0.25) is 5.91 Å². The highest BCUT2D eigenvalue weighted by molar-refractivity contribution is 9.10. The van der Waals surface area contributed by atoms with Crippen molar-refractivity contribution < 1.29 is 23.9 Å². The van der Waals surface area contributed by atoms with Crippen LogP contribution in [0, 0.1) is 0 Å². The quantitative estimate of drug-likeness (QED) is 0.497. The first-order valence-corrected chi connectivity index (χ1v) is 9.54. The summed E-state index contributed by atoms with van der Waals surface area (Å²) in [7, 11) is 0. The maximum atomic E-state index is 12.9. The lowest BCUT2D eigenvalue weighted by atomic mass is 10.1. The van der Waals surface area contributed by atoms with E-state index in [0.29, 0.717) is 48.5 Å². The number of amides is 2. The average molecular weight is 439 g/mol. The summed E-state index contributed by atoms with van der Waals surface area (Å²) in [5.74, 6) is -0.587. The summed E-state index contributed by atoms with van der Waals surface area (Å²) in [4.78, 5) is 38.5. The summed E-state index contributed by atoms with van der Waals surface area (Å²) in [6.45, 7) is 6.78. The molecule has 1 saturated heterocycles.